The van der Waals surface area contributed by atoms with Gasteiger partial charge in [-0.2, -0.15) is 0 Å². The number of hydrogen-bond acceptors (Lipinski definition) is 4. The number of hydrogen-bond donors (Lipinski definition) is 2. The van der Waals surface area contributed by atoms with Gasteiger partial charge in [-0.15, -0.1) is 0 Å². The third-order valence-corrected chi connectivity index (χ3v) is 1.50. The van der Waals surface area contributed by atoms with Crippen LogP contribution < -0.4 is 10.9 Å². The fraction of sp³-hybridized carbons (Fsp3) is 0.400. The van der Waals surface area contributed by atoms with Gasteiger partial charge in [0.05, 0.1) is 0 Å². The molecule has 2 N–H and O–H groups in total. The molecule has 0 saturated heterocycles. The van der Waals surface area contributed by atoms with Crippen molar-refractivity contribution in [2.75, 3.05) is 0 Å². The summed E-state index contributed by atoms with van der Waals surface area (Å²) < 4.78 is 0.243. The molecule has 0 spiro atoms. The summed E-state index contributed by atoms with van der Waals surface area (Å²) in [6.07, 6.45) is 0. The number of thiocarbonyl (C=S) groups is 1. The lowest BCUT2D eigenvalue weighted by atomic mass is 10.8. The van der Waals surface area contributed by atoms with Gasteiger partial charge in [-0.25, -0.2) is 0 Å². The summed E-state index contributed by atoms with van der Waals surface area (Å²) in [7, 11) is 0. The van der Waals surface area contributed by atoms with E-state index in [9.17, 15) is 9.59 Å². The maximum Gasteiger partial charge on any atom is 0.235 e. The highest BCUT2D eigenvalue weighted by atomic mass is 32.2. The Labute approximate surface area is 74.1 Å². The molecule has 0 aromatic rings. The van der Waals surface area contributed by atoms with Crippen LogP contribution in [0.25, 0.3) is 0 Å². The van der Waals surface area contributed by atoms with E-state index in [1.54, 1.807) is 0 Å². The van der Waals surface area contributed by atoms with Gasteiger partial charge in [0.15, 0.2) is 9.44 Å². The molecule has 11 heavy (non-hydrogen) atoms. The molecule has 0 heterocycles. The van der Waals surface area contributed by atoms with Crippen molar-refractivity contribution in [3.05, 3.63) is 0 Å². The zero-order valence-corrected chi connectivity index (χ0v) is 7.77. The molecule has 0 radical (unpaired) electrons. The van der Waals surface area contributed by atoms with E-state index in [0.717, 1.165) is 11.8 Å². The van der Waals surface area contributed by atoms with Crippen molar-refractivity contribution >= 4 is 39.3 Å². The van der Waals surface area contributed by atoms with E-state index in [1.165, 1.54) is 13.8 Å². The van der Waals surface area contributed by atoms with Crippen LogP contribution in [0.1, 0.15) is 13.8 Å². The van der Waals surface area contributed by atoms with E-state index in [4.69, 9.17) is 0 Å². The molecule has 0 aliphatic heterocycles. The van der Waals surface area contributed by atoms with Crippen LogP contribution in [-0.2, 0) is 9.59 Å². The quantitative estimate of drug-likeness (QED) is 0.424. The van der Waals surface area contributed by atoms with Gasteiger partial charge in [0.2, 0.25) is 5.91 Å². The van der Waals surface area contributed by atoms with Crippen LogP contribution in [0.15, 0.2) is 0 Å². The van der Waals surface area contributed by atoms with Crippen LogP contribution in [0.5, 0.6) is 0 Å². The molecule has 0 unspecified atom stereocenters. The molecule has 0 aromatic heterocycles. The molecule has 6 heteroatoms. The Balaban J connectivity index is 3.53. The monoisotopic (exact) mass is 192 g/mol. The zero-order valence-electron chi connectivity index (χ0n) is 6.13. The zero-order chi connectivity index (χ0) is 8.85. The minimum atomic E-state index is -0.253. The highest BCUT2D eigenvalue weighted by molar-refractivity contribution is 8.32. The summed E-state index contributed by atoms with van der Waals surface area (Å²) in [5.41, 5.74) is 4.63. The van der Waals surface area contributed by atoms with Crippen LogP contribution in [0.4, 0.5) is 0 Å². The number of carbonyl (C=O) groups is 2. The summed E-state index contributed by atoms with van der Waals surface area (Å²) in [6.45, 7) is 2.74. The normalized spacial score (nSPS) is 8.55. The van der Waals surface area contributed by atoms with Crippen molar-refractivity contribution in [1.29, 1.82) is 0 Å². The summed E-state index contributed by atoms with van der Waals surface area (Å²) in [5, 5.41) is -0.118. The average molecular weight is 192 g/mol. The number of thioether (sulfide) groups is 1. The van der Waals surface area contributed by atoms with E-state index >= 15 is 0 Å². The second kappa shape index (κ2) is 5.09. The number of hydrazine groups is 1. The Hall–Kier alpha value is -0.620. The number of amides is 1. The van der Waals surface area contributed by atoms with E-state index in [0.29, 0.717) is 0 Å². The van der Waals surface area contributed by atoms with Crippen molar-refractivity contribution in [2.24, 2.45) is 0 Å². The van der Waals surface area contributed by atoms with E-state index in [1.807, 2.05) is 0 Å². The molecule has 0 aromatic carbocycles. The largest absolute Gasteiger partial charge is 0.287 e. The molecule has 0 rings (SSSR count). The Morgan fingerprint density at radius 3 is 2.18 bits per heavy atom. The number of carbonyl (C=O) groups excluding carboxylic acids is 2. The van der Waals surface area contributed by atoms with Gasteiger partial charge in [0, 0.05) is 13.8 Å². The van der Waals surface area contributed by atoms with Crippen LogP contribution in [0.3, 0.4) is 0 Å². The lowest BCUT2D eigenvalue weighted by molar-refractivity contribution is -0.119. The SMILES string of the molecule is CC(=O)NNC(=S)SC(C)=O. The molecule has 0 aliphatic carbocycles. The van der Waals surface area contributed by atoms with Crippen molar-refractivity contribution in [1.82, 2.24) is 10.9 Å². The maximum absolute atomic E-state index is 10.4. The molecule has 0 aliphatic rings. The molecule has 0 fully saturated rings. The van der Waals surface area contributed by atoms with Gasteiger partial charge in [-0.1, -0.05) is 12.2 Å². The smallest absolute Gasteiger partial charge is 0.235 e. The van der Waals surface area contributed by atoms with E-state index in [2.05, 4.69) is 23.1 Å². The van der Waals surface area contributed by atoms with Crippen molar-refractivity contribution in [2.45, 2.75) is 13.8 Å². The molecule has 0 atom stereocenters. The maximum atomic E-state index is 10.4. The first-order valence-electron chi connectivity index (χ1n) is 2.77. The molecule has 0 bridgehead atoms. The Kier molecular flexibility index (Phi) is 4.80. The second-order valence-corrected chi connectivity index (χ2v) is 3.54. The van der Waals surface area contributed by atoms with Gasteiger partial charge in [-0.05, 0) is 11.8 Å². The standard InChI is InChI=1S/C5H8N2O2S2/c1-3(8)6-7-5(10)11-4(2)9/h1-2H3,(H,6,8)(H,7,10). The van der Waals surface area contributed by atoms with Crippen molar-refractivity contribution < 1.29 is 9.59 Å². The first kappa shape index (κ1) is 10.4. The molecule has 0 saturated carbocycles. The van der Waals surface area contributed by atoms with Gasteiger partial charge < -0.3 is 0 Å². The van der Waals surface area contributed by atoms with Gasteiger partial charge in [0.1, 0.15) is 0 Å². The minimum Gasteiger partial charge on any atom is -0.287 e. The Morgan fingerprint density at radius 2 is 1.82 bits per heavy atom. The predicted octanol–water partition coefficient (Wildman–Crippen LogP) is 0.192. The van der Waals surface area contributed by atoms with Crippen LogP contribution >= 0.6 is 24.0 Å². The van der Waals surface area contributed by atoms with Gasteiger partial charge in [0.25, 0.3) is 0 Å². The minimum absolute atomic E-state index is 0.118. The third-order valence-electron chi connectivity index (χ3n) is 0.577. The highest BCUT2D eigenvalue weighted by Gasteiger charge is 2.00. The van der Waals surface area contributed by atoms with Crippen LogP contribution in [-0.4, -0.2) is 15.3 Å². The first-order valence-corrected chi connectivity index (χ1v) is 4.00. The van der Waals surface area contributed by atoms with Crippen LogP contribution in [0.2, 0.25) is 0 Å². The fourth-order valence-electron chi connectivity index (χ4n) is 0.295. The number of nitrogens with one attached hydrogen (secondary N) is 2. The third kappa shape index (κ3) is 7.27. The van der Waals surface area contributed by atoms with Crippen molar-refractivity contribution in [3.63, 3.8) is 0 Å². The Bertz CT molecular complexity index is 193. The average Bonchev–Trinajstić information content (AvgIpc) is 1.82. The summed E-state index contributed by atoms with van der Waals surface area (Å²) in [6, 6.07) is 0. The molecule has 1 amide bonds. The highest BCUT2D eigenvalue weighted by Crippen LogP contribution is 2.00. The molecule has 4 nitrogen and oxygen atoms in total. The lowest BCUT2D eigenvalue weighted by Crippen LogP contribution is -2.38. The Morgan fingerprint density at radius 1 is 1.27 bits per heavy atom. The summed E-state index contributed by atoms with van der Waals surface area (Å²) in [4.78, 5) is 20.7. The van der Waals surface area contributed by atoms with Gasteiger partial charge >= 0.3 is 0 Å². The van der Waals surface area contributed by atoms with E-state index in [-0.39, 0.29) is 15.3 Å². The fourth-order valence-corrected chi connectivity index (χ4v) is 1.06. The second-order valence-electron chi connectivity index (χ2n) is 1.69. The molecular weight excluding hydrogens is 184 g/mol. The first-order chi connectivity index (χ1) is 5.02. The number of rotatable bonds is 0. The molecular formula is C5H8N2O2S2. The summed E-state index contributed by atoms with van der Waals surface area (Å²) in [5.74, 6) is -0.253. The topological polar surface area (TPSA) is 58.2 Å². The predicted molar refractivity (Wildman–Crippen MR) is 47.8 cm³/mol. The summed E-state index contributed by atoms with van der Waals surface area (Å²) >= 11 is 5.53. The van der Waals surface area contributed by atoms with Crippen molar-refractivity contribution in [3.8, 4) is 0 Å². The lowest BCUT2D eigenvalue weighted by Gasteiger charge is -2.03. The van der Waals surface area contributed by atoms with Crippen LogP contribution in [0, 0.1) is 0 Å². The van der Waals surface area contributed by atoms with E-state index < -0.39 is 0 Å². The molecule has 62 valence electrons. The van der Waals surface area contributed by atoms with Gasteiger partial charge in [-0.3, -0.25) is 20.4 Å².